The third kappa shape index (κ3) is 6.59. The fourth-order valence-corrected chi connectivity index (χ4v) is 4.17. The van der Waals surface area contributed by atoms with Gasteiger partial charge in [0, 0.05) is 23.3 Å². The lowest BCUT2D eigenvalue weighted by atomic mass is 10.0. The van der Waals surface area contributed by atoms with Gasteiger partial charge in [-0.25, -0.2) is 0 Å². The standard InChI is InChI=1S/C26H30O4S/c1-4-20-7-11-24(23(17-20)25-6-5-15-31-25)30-19(3)13-14-29-22-10-8-21(18(2)16-22)9-12-26(27)28/h5-8,10-11,15-17,19H,4,9,12-14H2,1-3H3,(H,27,28)/t19-/m1/s1. The van der Waals surface area contributed by atoms with Gasteiger partial charge in [-0.05, 0) is 79.1 Å². The topological polar surface area (TPSA) is 55.8 Å². The Hall–Kier alpha value is -2.79. The molecule has 4 nitrogen and oxygen atoms in total. The summed E-state index contributed by atoms with van der Waals surface area (Å²) in [6.07, 6.45) is 2.45. The molecule has 0 spiro atoms. The van der Waals surface area contributed by atoms with Crippen molar-refractivity contribution in [1.82, 2.24) is 0 Å². The van der Waals surface area contributed by atoms with Gasteiger partial charge in [0.05, 0.1) is 12.7 Å². The van der Waals surface area contributed by atoms with E-state index in [0.717, 1.165) is 41.0 Å². The number of aliphatic carboxylic acids is 1. The van der Waals surface area contributed by atoms with Crippen molar-refractivity contribution in [1.29, 1.82) is 0 Å². The van der Waals surface area contributed by atoms with Gasteiger partial charge in [-0.15, -0.1) is 11.3 Å². The molecule has 0 aliphatic carbocycles. The highest BCUT2D eigenvalue weighted by Gasteiger charge is 2.12. The second-order valence-electron chi connectivity index (χ2n) is 7.71. The van der Waals surface area contributed by atoms with Crippen LogP contribution in [-0.4, -0.2) is 23.8 Å². The van der Waals surface area contributed by atoms with E-state index in [2.05, 4.69) is 49.6 Å². The lowest BCUT2D eigenvalue weighted by molar-refractivity contribution is -0.136. The second-order valence-corrected chi connectivity index (χ2v) is 8.66. The van der Waals surface area contributed by atoms with Crippen molar-refractivity contribution in [3.63, 3.8) is 0 Å². The summed E-state index contributed by atoms with van der Waals surface area (Å²) in [5.41, 5.74) is 4.55. The fourth-order valence-electron chi connectivity index (χ4n) is 3.42. The monoisotopic (exact) mass is 438 g/mol. The molecule has 0 aliphatic heterocycles. The zero-order chi connectivity index (χ0) is 22.2. The van der Waals surface area contributed by atoms with Crippen LogP contribution in [0.25, 0.3) is 10.4 Å². The van der Waals surface area contributed by atoms with Crippen LogP contribution in [0.4, 0.5) is 0 Å². The third-order valence-corrected chi connectivity index (χ3v) is 6.19. The smallest absolute Gasteiger partial charge is 0.303 e. The normalized spacial score (nSPS) is 11.8. The minimum absolute atomic E-state index is 0.0159. The quantitative estimate of drug-likeness (QED) is 0.369. The van der Waals surface area contributed by atoms with E-state index in [9.17, 15) is 4.79 Å². The van der Waals surface area contributed by atoms with Crippen molar-refractivity contribution in [3.05, 3.63) is 70.6 Å². The summed E-state index contributed by atoms with van der Waals surface area (Å²) in [5.74, 6) is 0.932. The van der Waals surface area contributed by atoms with E-state index in [0.29, 0.717) is 13.0 Å². The number of carboxylic acid groups (broad SMARTS) is 1. The van der Waals surface area contributed by atoms with Crippen LogP contribution in [0.15, 0.2) is 53.9 Å². The number of hydrogen-bond acceptors (Lipinski definition) is 4. The van der Waals surface area contributed by atoms with E-state index in [1.54, 1.807) is 11.3 Å². The van der Waals surface area contributed by atoms with Crippen LogP contribution in [0, 0.1) is 6.92 Å². The molecule has 31 heavy (non-hydrogen) atoms. The molecule has 1 heterocycles. The molecule has 1 aromatic heterocycles. The summed E-state index contributed by atoms with van der Waals surface area (Å²) in [6, 6.07) is 16.5. The Morgan fingerprint density at radius 3 is 2.68 bits per heavy atom. The molecular weight excluding hydrogens is 408 g/mol. The summed E-state index contributed by atoms with van der Waals surface area (Å²) in [4.78, 5) is 12.0. The predicted octanol–water partition coefficient (Wildman–Crippen LogP) is 6.54. The maximum Gasteiger partial charge on any atom is 0.303 e. The van der Waals surface area contributed by atoms with Gasteiger partial charge in [0.2, 0.25) is 0 Å². The molecule has 1 N–H and O–H groups in total. The van der Waals surface area contributed by atoms with Crippen LogP contribution in [0.3, 0.4) is 0 Å². The molecule has 5 heteroatoms. The molecular formula is C26H30O4S. The van der Waals surface area contributed by atoms with Gasteiger partial charge in [-0.1, -0.05) is 25.1 Å². The zero-order valence-electron chi connectivity index (χ0n) is 18.4. The van der Waals surface area contributed by atoms with Gasteiger partial charge in [0.25, 0.3) is 0 Å². The van der Waals surface area contributed by atoms with Crippen LogP contribution < -0.4 is 9.47 Å². The molecule has 2 aromatic carbocycles. The average Bonchev–Trinajstić information content (AvgIpc) is 3.28. The number of ether oxygens (including phenoxy) is 2. The number of carbonyl (C=O) groups is 1. The number of thiophene rings is 1. The summed E-state index contributed by atoms with van der Waals surface area (Å²) in [6.45, 7) is 6.77. The average molecular weight is 439 g/mol. The van der Waals surface area contributed by atoms with E-state index < -0.39 is 5.97 Å². The SMILES string of the molecule is CCc1ccc(O[C@H](C)CCOc2ccc(CCC(=O)O)c(C)c2)c(-c2cccs2)c1. The van der Waals surface area contributed by atoms with Gasteiger partial charge in [0.1, 0.15) is 11.5 Å². The van der Waals surface area contributed by atoms with Crippen molar-refractivity contribution in [2.45, 2.75) is 52.6 Å². The van der Waals surface area contributed by atoms with Crippen LogP contribution in [0.1, 0.15) is 43.4 Å². The highest BCUT2D eigenvalue weighted by molar-refractivity contribution is 7.13. The zero-order valence-corrected chi connectivity index (χ0v) is 19.2. The first-order valence-corrected chi connectivity index (χ1v) is 11.6. The summed E-state index contributed by atoms with van der Waals surface area (Å²) >= 11 is 1.72. The van der Waals surface area contributed by atoms with Crippen molar-refractivity contribution in [2.75, 3.05) is 6.61 Å². The Morgan fingerprint density at radius 1 is 1.16 bits per heavy atom. The summed E-state index contributed by atoms with van der Waals surface area (Å²) in [5, 5.41) is 10.9. The molecule has 0 aliphatic rings. The summed E-state index contributed by atoms with van der Waals surface area (Å²) < 4.78 is 12.2. The van der Waals surface area contributed by atoms with Crippen molar-refractivity contribution in [2.24, 2.45) is 0 Å². The number of benzene rings is 2. The van der Waals surface area contributed by atoms with Gasteiger partial charge in [-0.3, -0.25) is 4.79 Å². The van der Waals surface area contributed by atoms with Crippen LogP contribution in [0.5, 0.6) is 11.5 Å². The largest absolute Gasteiger partial charge is 0.493 e. The molecule has 0 fully saturated rings. The molecule has 0 saturated heterocycles. The van der Waals surface area contributed by atoms with Crippen molar-refractivity contribution >= 4 is 17.3 Å². The number of aryl methyl sites for hydroxylation is 3. The van der Waals surface area contributed by atoms with Gasteiger partial charge >= 0.3 is 5.97 Å². The van der Waals surface area contributed by atoms with Crippen molar-refractivity contribution in [3.8, 4) is 21.9 Å². The summed E-state index contributed by atoms with van der Waals surface area (Å²) in [7, 11) is 0. The Kier molecular flexibility index (Phi) is 8.13. The first-order chi connectivity index (χ1) is 15.0. The Balaban J connectivity index is 1.56. The number of hydrogen-bond donors (Lipinski definition) is 1. The minimum Gasteiger partial charge on any atom is -0.493 e. The molecule has 0 bridgehead atoms. The maximum absolute atomic E-state index is 10.8. The Morgan fingerprint density at radius 2 is 2.00 bits per heavy atom. The third-order valence-electron chi connectivity index (χ3n) is 5.28. The van der Waals surface area contributed by atoms with Gasteiger partial charge in [-0.2, -0.15) is 0 Å². The Bertz CT molecular complexity index is 995. The minimum atomic E-state index is -0.778. The molecule has 3 rings (SSSR count). The van der Waals surface area contributed by atoms with Gasteiger partial charge in [0.15, 0.2) is 0 Å². The van der Waals surface area contributed by atoms with Crippen molar-refractivity contribution < 1.29 is 19.4 Å². The van der Waals surface area contributed by atoms with E-state index in [4.69, 9.17) is 14.6 Å². The van der Waals surface area contributed by atoms with E-state index in [1.807, 2.05) is 25.1 Å². The van der Waals surface area contributed by atoms with Gasteiger partial charge < -0.3 is 14.6 Å². The van der Waals surface area contributed by atoms with E-state index in [1.165, 1.54) is 10.4 Å². The highest BCUT2D eigenvalue weighted by Crippen LogP contribution is 2.35. The molecule has 0 unspecified atom stereocenters. The van der Waals surface area contributed by atoms with Crippen LogP contribution in [0.2, 0.25) is 0 Å². The van der Waals surface area contributed by atoms with E-state index >= 15 is 0 Å². The lowest BCUT2D eigenvalue weighted by Crippen LogP contribution is -2.16. The lowest BCUT2D eigenvalue weighted by Gasteiger charge is -2.18. The second kappa shape index (κ2) is 11.0. The van der Waals surface area contributed by atoms with Crippen LogP contribution >= 0.6 is 11.3 Å². The highest BCUT2D eigenvalue weighted by atomic mass is 32.1. The molecule has 164 valence electrons. The first kappa shape index (κ1) is 22.9. The number of rotatable bonds is 11. The van der Waals surface area contributed by atoms with E-state index in [-0.39, 0.29) is 12.5 Å². The fraction of sp³-hybridized carbons (Fsp3) is 0.346. The van der Waals surface area contributed by atoms with Crippen LogP contribution in [-0.2, 0) is 17.6 Å². The molecule has 0 saturated carbocycles. The Labute approximate surface area is 188 Å². The first-order valence-electron chi connectivity index (χ1n) is 10.7. The predicted molar refractivity (Wildman–Crippen MR) is 126 cm³/mol. The maximum atomic E-state index is 10.8. The molecule has 3 aromatic rings. The number of carboxylic acids is 1. The molecule has 1 atom stereocenters. The molecule has 0 radical (unpaired) electrons. The molecule has 0 amide bonds.